The summed E-state index contributed by atoms with van der Waals surface area (Å²) in [6, 6.07) is 10.9. The average Bonchev–Trinajstić information content (AvgIpc) is 2.32. The number of hydrogen-bond donors (Lipinski definition) is 1. The summed E-state index contributed by atoms with van der Waals surface area (Å²) in [5.74, 6) is 0. The van der Waals surface area contributed by atoms with Gasteiger partial charge >= 0.3 is 0 Å². The predicted octanol–water partition coefficient (Wildman–Crippen LogP) is 5.29. The van der Waals surface area contributed by atoms with E-state index in [2.05, 4.69) is 79.3 Å². The lowest BCUT2D eigenvalue weighted by Gasteiger charge is -2.14. The molecule has 0 atom stereocenters. The van der Waals surface area contributed by atoms with Crippen molar-refractivity contribution in [1.82, 2.24) is 0 Å². The zero-order chi connectivity index (χ0) is 14.0. The first kappa shape index (κ1) is 14.1. The Morgan fingerprint density at radius 3 is 2.11 bits per heavy atom. The molecule has 19 heavy (non-hydrogen) atoms. The molecule has 0 aliphatic heterocycles. The Kier molecular flexibility index (Phi) is 4.31. The monoisotopic (exact) mass is 317 g/mol. The Labute approximate surface area is 124 Å². The number of halogens is 1. The number of hydrogen-bond acceptors (Lipinski definition) is 1. The van der Waals surface area contributed by atoms with Crippen LogP contribution >= 0.6 is 15.9 Å². The molecule has 2 heteroatoms. The Balaban J connectivity index is 2.16. The zero-order valence-corrected chi connectivity index (χ0v) is 13.6. The molecular formula is C17H20BrN. The van der Waals surface area contributed by atoms with Crippen molar-refractivity contribution >= 4 is 21.6 Å². The molecule has 2 aromatic carbocycles. The van der Waals surface area contributed by atoms with E-state index in [1.54, 1.807) is 0 Å². The van der Waals surface area contributed by atoms with Gasteiger partial charge in [-0.15, -0.1) is 0 Å². The van der Waals surface area contributed by atoms with Gasteiger partial charge in [0.05, 0.1) is 0 Å². The van der Waals surface area contributed by atoms with Crippen LogP contribution in [0.1, 0.15) is 27.8 Å². The van der Waals surface area contributed by atoms with Crippen molar-refractivity contribution in [2.75, 3.05) is 5.32 Å². The van der Waals surface area contributed by atoms with Gasteiger partial charge in [0, 0.05) is 16.7 Å². The zero-order valence-electron chi connectivity index (χ0n) is 12.0. The van der Waals surface area contributed by atoms with Crippen molar-refractivity contribution in [3.05, 3.63) is 62.6 Å². The largest absolute Gasteiger partial charge is 0.381 e. The Morgan fingerprint density at radius 2 is 1.53 bits per heavy atom. The van der Waals surface area contributed by atoms with Gasteiger partial charge in [0.25, 0.3) is 0 Å². The van der Waals surface area contributed by atoms with Crippen LogP contribution in [0.15, 0.2) is 34.8 Å². The fourth-order valence-corrected chi connectivity index (χ4v) is 2.71. The van der Waals surface area contributed by atoms with E-state index in [1.807, 2.05) is 0 Å². The van der Waals surface area contributed by atoms with E-state index in [0.29, 0.717) is 0 Å². The van der Waals surface area contributed by atoms with E-state index in [0.717, 1.165) is 6.54 Å². The fraction of sp³-hybridized carbons (Fsp3) is 0.294. The Morgan fingerprint density at radius 1 is 0.895 bits per heavy atom. The molecule has 0 aliphatic rings. The maximum atomic E-state index is 3.56. The average molecular weight is 318 g/mol. The second kappa shape index (κ2) is 5.79. The first-order valence-electron chi connectivity index (χ1n) is 6.54. The molecule has 0 saturated carbocycles. The molecule has 1 N–H and O–H groups in total. The quantitative estimate of drug-likeness (QED) is 0.810. The summed E-state index contributed by atoms with van der Waals surface area (Å²) in [7, 11) is 0. The highest BCUT2D eigenvalue weighted by Crippen LogP contribution is 2.23. The molecule has 0 radical (unpaired) electrons. The lowest BCUT2D eigenvalue weighted by molar-refractivity contribution is 1.12. The van der Waals surface area contributed by atoms with Crippen molar-refractivity contribution in [1.29, 1.82) is 0 Å². The van der Waals surface area contributed by atoms with Gasteiger partial charge < -0.3 is 5.32 Å². The molecule has 100 valence electrons. The summed E-state index contributed by atoms with van der Waals surface area (Å²) in [4.78, 5) is 0. The minimum absolute atomic E-state index is 0.860. The van der Waals surface area contributed by atoms with E-state index in [9.17, 15) is 0 Å². The number of benzene rings is 2. The minimum Gasteiger partial charge on any atom is -0.381 e. The van der Waals surface area contributed by atoms with Crippen molar-refractivity contribution in [2.24, 2.45) is 0 Å². The second-order valence-electron chi connectivity index (χ2n) is 5.21. The third kappa shape index (κ3) is 3.38. The number of nitrogens with one attached hydrogen (secondary N) is 1. The molecule has 0 bridgehead atoms. The van der Waals surface area contributed by atoms with Crippen LogP contribution in [0.4, 0.5) is 5.69 Å². The predicted molar refractivity (Wildman–Crippen MR) is 86.9 cm³/mol. The molecule has 0 heterocycles. The van der Waals surface area contributed by atoms with Crippen LogP contribution in [0.25, 0.3) is 0 Å². The molecule has 1 nitrogen and oxygen atoms in total. The van der Waals surface area contributed by atoms with Crippen LogP contribution in [-0.4, -0.2) is 0 Å². The van der Waals surface area contributed by atoms with Gasteiger partial charge in [0.1, 0.15) is 0 Å². The van der Waals surface area contributed by atoms with E-state index >= 15 is 0 Å². The van der Waals surface area contributed by atoms with E-state index < -0.39 is 0 Å². The standard InChI is InChI=1S/C17H20BrN/c1-11-7-13(3)17(14(4)8-11)19-10-15-5-6-16(18)12(2)9-15/h5-9,19H,10H2,1-4H3. The van der Waals surface area contributed by atoms with Gasteiger partial charge in [-0.1, -0.05) is 45.8 Å². The number of anilines is 1. The Hall–Kier alpha value is -1.28. The van der Waals surface area contributed by atoms with Crippen LogP contribution < -0.4 is 5.32 Å². The van der Waals surface area contributed by atoms with Gasteiger partial charge in [-0.2, -0.15) is 0 Å². The molecule has 2 aromatic rings. The fourth-order valence-electron chi connectivity index (χ4n) is 2.47. The number of aryl methyl sites for hydroxylation is 4. The molecule has 2 rings (SSSR count). The van der Waals surface area contributed by atoms with Gasteiger partial charge in [0.2, 0.25) is 0 Å². The van der Waals surface area contributed by atoms with Crippen molar-refractivity contribution in [3.63, 3.8) is 0 Å². The molecule has 0 unspecified atom stereocenters. The number of rotatable bonds is 3. The van der Waals surface area contributed by atoms with Crippen LogP contribution in [0.2, 0.25) is 0 Å². The molecule has 0 aliphatic carbocycles. The van der Waals surface area contributed by atoms with Gasteiger partial charge in [-0.3, -0.25) is 0 Å². The summed E-state index contributed by atoms with van der Waals surface area (Å²) < 4.78 is 1.17. The van der Waals surface area contributed by atoms with E-state index in [-0.39, 0.29) is 0 Å². The smallest absolute Gasteiger partial charge is 0.0402 e. The first-order chi connectivity index (χ1) is 8.97. The van der Waals surface area contributed by atoms with Crippen LogP contribution in [0.5, 0.6) is 0 Å². The maximum Gasteiger partial charge on any atom is 0.0402 e. The van der Waals surface area contributed by atoms with E-state index in [1.165, 1.54) is 38.0 Å². The van der Waals surface area contributed by atoms with Crippen molar-refractivity contribution in [2.45, 2.75) is 34.2 Å². The topological polar surface area (TPSA) is 12.0 Å². The first-order valence-corrected chi connectivity index (χ1v) is 7.33. The maximum absolute atomic E-state index is 3.56. The lowest BCUT2D eigenvalue weighted by atomic mass is 10.0. The third-order valence-corrected chi connectivity index (χ3v) is 4.26. The summed E-state index contributed by atoms with van der Waals surface area (Å²) in [6.45, 7) is 9.45. The third-order valence-electron chi connectivity index (χ3n) is 3.37. The molecule has 0 amide bonds. The highest BCUT2D eigenvalue weighted by Gasteiger charge is 2.04. The molecule has 0 aromatic heterocycles. The molecule has 0 saturated heterocycles. The van der Waals surface area contributed by atoms with Crippen LogP contribution in [0, 0.1) is 27.7 Å². The molecule has 0 fully saturated rings. The molecule has 0 spiro atoms. The SMILES string of the molecule is Cc1cc(C)c(NCc2ccc(Br)c(C)c2)c(C)c1. The summed E-state index contributed by atoms with van der Waals surface area (Å²) in [5.41, 5.74) is 7.78. The van der Waals surface area contributed by atoms with Crippen LogP contribution in [0.3, 0.4) is 0 Å². The van der Waals surface area contributed by atoms with Gasteiger partial charge in [0.15, 0.2) is 0 Å². The van der Waals surface area contributed by atoms with Gasteiger partial charge in [-0.25, -0.2) is 0 Å². The highest BCUT2D eigenvalue weighted by atomic mass is 79.9. The summed E-state index contributed by atoms with van der Waals surface area (Å²) >= 11 is 3.54. The van der Waals surface area contributed by atoms with Crippen molar-refractivity contribution < 1.29 is 0 Å². The normalized spacial score (nSPS) is 10.6. The minimum atomic E-state index is 0.860. The van der Waals surface area contributed by atoms with E-state index in [4.69, 9.17) is 0 Å². The highest BCUT2D eigenvalue weighted by molar-refractivity contribution is 9.10. The lowest BCUT2D eigenvalue weighted by Crippen LogP contribution is -2.03. The van der Waals surface area contributed by atoms with Crippen LogP contribution in [-0.2, 0) is 6.54 Å². The molecular weight excluding hydrogens is 298 g/mol. The summed E-state index contributed by atoms with van der Waals surface area (Å²) in [5, 5.41) is 3.56. The summed E-state index contributed by atoms with van der Waals surface area (Å²) in [6.07, 6.45) is 0. The van der Waals surface area contributed by atoms with Crippen molar-refractivity contribution in [3.8, 4) is 0 Å². The Bertz CT molecular complexity index is 579. The second-order valence-corrected chi connectivity index (χ2v) is 6.07. The van der Waals surface area contributed by atoms with Gasteiger partial charge in [-0.05, 0) is 56.0 Å².